The van der Waals surface area contributed by atoms with E-state index in [1.165, 1.54) is 4.90 Å². The number of carbonyl (C=O) groups is 2. The van der Waals surface area contributed by atoms with Gasteiger partial charge in [-0.15, -0.1) is 0 Å². The number of rotatable bonds is 4. The fraction of sp³-hybridized carbons (Fsp3) is 0.375. The number of morpholine rings is 1. The lowest BCUT2D eigenvalue weighted by molar-refractivity contribution is -0.147. The van der Waals surface area contributed by atoms with Gasteiger partial charge in [0.15, 0.2) is 6.04 Å². The fourth-order valence-electron chi connectivity index (χ4n) is 2.68. The number of hydrogen-bond acceptors (Lipinski definition) is 4. The van der Waals surface area contributed by atoms with E-state index in [1.807, 2.05) is 25.1 Å². The number of fused-ring (bicyclic) bond motifs is 1. The highest BCUT2D eigenvalue weighted by atomic mass is 16.5. The van der Waals surface area contributed by atoms with Crippen LogP contribution in [-0.4, -0.2) is 59.3 Å². The maximum Gasteiger partial charge on any atom is 0.328 e. The summed E-state index contributed by atoms with van der Waals surface area (Å²) < 4.78 is 10.6. The summed E-state index contributed by atoms with van der Waals surface area (Å²) in [7, 11) is 0. The van der Waals surface area contributed by atoms with Crippen LogP contribution in [0.1, 0.15) is 17.4 Å². The molecule has 1 aromatic heterocycles. The fourth-order valence-corrected chi connectivity index (χ4v) is 2.68. The second-order valence-corrected chi connectivity index (χ2v) is 5.29. The Morgan fingerprint density at radius 3 is 3.00 bits per heavy atom. The molecule has 1 atom stereocenters. The van der Waals surface area contributed by atoms with Crippen molar-refractivity contribution in [3.05, 3.63) is 30.0 Å². The molecule has 122 valence electrons. The highest BCUT2D eigenvalue weighted by Gasteiger charge is 2.33. The Morgan fingerprint density at radius 2 is 2.26 bits per heavy atom. The minimum absolute atomic E-state index is 0.00971. The zero-order chi connectivity index (χ0) is 16.4. The Balaban J connectivity index is 1.89. The number of nitrogens with one attached hydrogen (secondary N) is 1. The molecule has 0 aliphatic carbocycles. The molecule has 2 heterocycles. The van der Waals surface area contributed by atoms with Gasteiger partial charge in [-0.3, -0.25) is 4.79 Å². The van der Waals surface area contributed by atoms with Crippen LogP contribution >= 0.6 is 0 Å². The van der Waals surface area contributed by atoms with Crippen molar-refractivity contribution in [2.45, 2.75) is 13.0 Å². The van der Waals surface area contributed by atoms with Gasteiger partial charge in [0.2, 0.25) is 0 Å². The normalized spacial score (nSPS) is 18.1. The summed E-state index contributed by atoms with van der Waals surface area (Å²) in [6.07, 6.45) is 0. The number of carboxylic acid groups (broad SMARTS) is 1. The predicted octanol–water partition coefficient (Wildman–Crippen LogP) is 1.49. The van der Waals surface area contributed by atoms with E-state index in [4.69, 9.17) is 9.47 Å². The number of hydrogen-bond donors (Lipinski definition) is 2. The maximum atomic E-state index is 12.6. The molecule has 1 saturated heterocycles. The maximum absolute atomic E-state index is 12.6. The van der Waals surface area contributed by atoms with E-state index in [0.29, 0.717) is 18.9 Å². The average molecular weight is 318 g/mol. The molecule has 1 aromatic carbocycles. The Morgan fingerprint density at radius 1 is 1.43 bits per heavy atom. The van der Waals surface area contributed by atoms with E-state index in [2.05, 4.69) is 4.98 Å². The van der Waals surface area contributed by atoms with Gasteiger partial charge >= 0.3 is 5.97 Å². The van der Waals surface area contributed by atoms with Crippen molar-refractivity contribution in [2.75, 3.05) is 26.4 Å². The highest BCUT2D eigenvalue weighted by Crippen LogP contribution is 2.23. The molecule has 2 aromatic rings. The first-order valence-electron chi connectivity index (χ1n) is 7.47. The monoisotopic (exact) mass is 318 g/mol. The first-order valence-corrected chi connectivity index (χ1v) is 7.47. The third kappa shape index (κ3) is 3.00. The number of ether oxygens (including phenoxy) is 2. The molecule has 0 radical (unpaired) electrons. The lowest BCUT2D eigenvalue weighted by Crippen LogP contribution is -2.52. The van der Waals surface area contributed by atoms with Gasteiger partial charge in [-0.1, -0.05) is 0 Å². The first kappa shape index (κ1) is 15.4. The zero-order valence-electron chi connectivity index (χ0n) is 12.7. The van der Waals surface area contributed by atoms with E-state index in [9.17, 15) is 14.7 Å². The molecule has 1 amide bonds. The summed E-state index contributed by atoms with van der Waals surface area (Å²) >= 11 is 0. The summed E-state index contributed by atoms with van der Waals surface area (Å²) in [6.45, 7) is 3.07. The van der Waals surface area contributed by atoms with Crippen molar-refractivity contribution >= 4 is 22.8 Å². The topological polar surface area (TPSA) is 91.9 Å². The van der Waals surface area contributed by atoms with Crippen LogP contribution in [0.4, 0.5) is 0 Å². The molecule has 2 N–H and O–H groups in total. The summed E-state index contributed by atoms with van der Waals surface area (Å²) in [5, 5.41) is 10.1. The van der Waals surface area contributed by atoms with Crippen molar-refractivity contribution in [3.63, 3.8) is 0 Å². The van der Waals surface area contributed by atoms with Crippen LogP contribution in [0.25, 0.3) is 10.9 Å². The van der Waals surface area contributed by atoms with E-state index < -0.39 is 12.0 Å². The number of aliphatic carboxylic acids is 1. The summed E-state index contributed by atoms with van der Waals surface area (Å²) in [4.78, 5) is 28.3. The third-order valence-corrected chi connectivity index (χ3v) is 3.81. The largest absolute Gasteiger partial charge is 0.494 e. The number of carboxylic acids is 1. The van der Waals surface area contributed by atoms with E-state index in [0.717, 1.165) is 16.7 Å². The second-order valence-electron chi connectivity index (χ2n) is 5.29. The molecule has 23 heavy (non-hydrogen) atoms. The van der Waals surface area contributed by atoms with Crippen LogP contribution in [0.5, 0.6) is 5.75 Å². The summed E-state index contributed by atoms with van der Waals surface area (Å²) in [5.74, 6) is -0.682. The van der Waals surface area contributed by atoms with Crippen LogP contribution in [0.2, 0.25) is 0 Å². The Labute approximate surface area is 132 Å². The molecular weight excluding hydrogens is 300 g/mol. The molecule has 3 rings (SSSR count). The number of aromatic nitrogens is 1. The quantitative estimate of drug-likeness (QED) is 0.891. The van der Waals surface area contributed by atoms with Gasteiger partial charge in [-0.2, -0.15) is 0 Å². The van der Waals surface area contributed by atoms with E-state index >= 15 is 0 Å². The van der Waals surface area contributed by atoms with Gasteiger partial charge in [0, 0.05) is 23.5 Å². The van der Waals surface area contributed by atoms with Gasteiger partial charge in [0.1, 0.15) is 11.4 Å². The lowest BCUT2D eigenvalue weighted by atomic mass is 10.2. The molecule has 7 heteroatoms. The van der Waals surface area contributed by atoms with Gasteiger partial charge in [0.25, 0.3) is 5.91 Å². The van der Waals surface area contributed by atoms with E-state index in [1.54, 1.807) is 6.07 Å². The SMILES string of the molecule is CCOc1ccc2cc(C(=O)N3CCOC[C@@H]3C(=O)O)[nH]c2c1. The Bertz CT molecular complexity index is 739. The van der Waals surface area contributed by atoms with Crippen LogP contribution in [0.15, 0.2) is 24.3 Å². The van der Waals surface area contributed by atoms with Crippen LogP contribution < -0.4 is 4.74 Å². The summed E-state index contributed by atoms with van der Waals surface area (Å²) in [6, 6.07) is 6.29. The number of nitrogens with zero attached hydrogens (tertiary/aromatic N) is 1. The van der Waals surface area contributed by atoms with Crippen LogP contribution in [0, 0.1) is 0 Å². The smallest absolute Gasteiger partial charge is 0.328 e. The van der Waals surface area contributed by atoms with Gasteiger partial charge < -0.3 is 24.5 Å². The molecular formula is C16H18N2O5. The lowest BCUT2D eigenvalue weighted by Gasteiger charge is -2.32. The number of aromatic amines is 1. The molecule has 0 bridgehead atoms. The number of carbonyl (C=O) groups excluding carboxylic acids is 1. The minimum atomic E-state index is -1.06. The average Bonchev–Trinajstić information content (AvgIpc) is 2.97. The number of amides is 1. The van der Waals surface area contributed by atoms with Gasteiger partial charge in [0.05, 0.1) is 19.8 Å². The van der Waals surface area contributed by atoms with Crippen LogP contribution in [-0.2, 0) is 9.53 Å². The molecule has 1 fully saturated rings. The van der Waals surface area contributed by atoms with Crippen molar-refractivity contribution in [3.8, 4) is 5.75 Å². The van der Waals surface area contributed by atoms with Crippen molar-refractivity contribution in [1.29, 1.82) is 0 Å². The molecule has 1 aliphatic heterocycles. The zero-order valence-corrected chi connectivity index (χ0v) is 12.7. The third-order valence-electron chi connectivity index (χ3n) is 3.81. The van der Waals surface area contributed by atoms with Crippen molar-refractivity contribution in [2.24, 2.45) is 0 Å². The van der Waals surface area contributed by atoms with Gasteiger partial charge in [-0.05, 0) is 25.1 Å². The summed E-state index contributed by atoms with van der Waals surface area (Å²) in [5.41, 5.74) is 1.14. The minimum Gasteiger partial charge on any atom is -0.494 e. The van der Waals surface area contributed by atoms with Crippen molar-refractivity contribution in [1.82, 2.24) is 9.88 Å². The van der Waals surface area contributed by atoms with Crippen LogP contribution in [0.3, 0.4) is 0 Å². The molecule has 0 saturated carbocycles. The number of H-pyrrole nitrogens is 1. The second kappa shape index (κ2) is 6.29. The molecule has 7 nitrogen and oxygen atoms in total. The van der Waals surface area contributed by atoms with E-state index in [-0.39, 0.29) is 19.1 Å². The van der Waals surface area contributed by atoms with Crippen molar-refractivity contribution < 1.29 is 24.2 Å². The standard InChI is InChI=1S/C16H18N2O5/c1-2-23-11-4-3-10-7-13(17-12(10)8-11)15(19)18-5-6-22-9-14(18)16(20)21/h3-4,7-8,14,17H,2,5-6,9H2,1H3,(H,20,21)/t14-/m1/s1. The first-order chi connectivity index (χ1) is 11.1. The molecule has 0 spiro atoms. The predicted molar refractivity (Wildman–Crippen MR) is 82.7 cm³/mol. The highest BCUT2D eigenvalue weighted by molar-refractivity contribution is 6.00. The molecule has 0 unspecified atom stereocenters. The molecule has 1 aliphatic rings. The Kier molecular flexibility index (Phi) is 4.20. The Hall–Kier alpha value is -2.54. The number of benzene rings is 1. The van der Waals surface area contributed by atoms with Gasteiger partial charge in [-0.25, -0.2) is 4.79 Å².